The van der Waals surface area contributed by atoms with Crippen LogP contribution in [-0.2, 0) is 11.4 Å². The summed E-state index contributed by atoms with van der Waals surface area (Å²) in [6, 6.07) is 9.98. The first-order valence-corrected chi connectivity index (χ1v) is 7.99. The van der Waals surface area contributed by atoms with Crippen molar-refractivity contribution in [1.82, 2.24) is 29.9 Å². The largest absolute Gasteiger partial charge is 0.393 e. The summed E-state index contributed by atoms with van der Waals surface area (Å²) >= 11 is 0. The minimum absolute atomic E-state index is 0.0972. The molecule has 9 nitrogen and oxygen atoms in total. The van der Waals surface area contributed by atoms with Crippen LogP contribution in [-0.4, -0.2) is 54.5 Å². The maximum absolute atomic E-state index is 8.67. The van der Waals surface area contributed by atoms with Crippen LogP contribution in [0.15, 0.2) is 47.9 Å². The molecule has 1 aromatic carbocycles. The van der Waals surface area contributed by atoms with E-state index in [0.29, 0.717) is 23.5 Å². The van der Waals surface area contributed by atoms with E-state index in [2.05, 4.69) is 36.5 Å². The van der Waals surface area contributed by atoms with Gasteiger partial charge in [0.05, 0.1) is 31.1 Å². The van der Waals surface area contributed by atoms with Crippen molar-refractivity contribution in [2.24, 2.45) is 5.16 Å². The van der Waals surface area contributed by atoms with E-state index in [1.54, 1.807) is 10.9 Å². The third kappa shape index (κ3) is 3.33. The molecule has 4 rings (SSSR count). The average molecular weight is 349 g/mol. The Morgan fingerprint density at radius 2 is 2.19 bits per heavy atom. The van der Waals surface area contributed by atoms with Crippen molar-refractivity contribution in [2.45, 2.75) is 6.54 Å². The third-order valence-corrected chi connectivity index (χ3v) is 3.69. The van der Waals surface area contributed by atoms with E-state index >= 15 is 0 Å². The minimum atomic E-state index is -0.0972. The Morgan fingerprint density at radius 1 is 1.23 bits per heavy atom. The summed E-state index contributed by atoms with van der Waals surface area (Å²) in [5.41, 5.74) is 3.54. The Hall–Kier alpha value is -3.46. The lowest BCUT2D eigenvalue weighted by molar-refractivity contribution is 0.0997. The van der Waals surface area contributed by atoms with Crippen LogP contribution in [0, 0.1) is 0 Å². The highest BCUT2D eigenvalue weighted by Gasteiger charge is 2.09. The van der Waals surface area contributed by atoms with Gasteiger partial charge in [-0.25, -0.2) is 14.6 Å². The van der Waals surface area contributed by atoms with Crippen molar-refractivity contribution in [1.29, 1.82) is 0 Å². The van der Waals surface area contributed by atoms with Gasteiger partial charge in [-0.05, 0) is 23.8 Å². The molecule has 0 spiro atoms. The molecule has 26 heavy (non-hydrogen) atoms. The van der Waals surface area contributed by atoms with Crippen LogP contribution in [0.4, 0.5) is 0 Å². The normalized spacial score (nSPS) is 11.6. The number of benzene rings is 1. The molecular formula is C17H15N7O2. The van der Waals surface area contributed by atoms with Gasteiger partial charge >= 0.3 is 0 Å². The van der Waals surface area contributed by atoms with Crippen molar-refractivity contribution < 1.29 is 9.94 Å². The zero-order valence-electron chi connectivity index (χ0n) is 13.7. The van der Waals surface area contributed by atoms with Crippen LogP contribution >= 0.6 is 0 Å². The summed E-state index contributed by atoms with van der Waals surface area (Å²) in [7, 11) is 0. The lowest BCUT2D eigenvalue weighted by atomic mass is 10.1. The molecule has 3 heterocycles. The Kier molecular flexibility index (Phi) is 4.44. The molecule has 130 valence electrons. The number of aliphatic hydroxyl groups is 1. The fourth-order valence-corrected chi connectivity index (χ4v) is 2.52. The molecule has 0 aliphatic carbocycles. The number of oxime groups is 1. The summed E-state index contributed by atoms with van der Waals surface area (Å²) in [5.74, 6) is 0. The van der Waals surface area contributed by atoms with Crippen molar-refractivity contribution in [3.05, 3.63) is 54.0 Å². The van der Waals surface area contributed by atoms with Gasteiger partial charge in [-0.2, -0.15) is 0 Å². The zero-order chi connectivity index (χ0) is 17.8. The van der Waals surface area contributed by atoms with E-state index in [1.807, 2.05) is 24.3 Å². The maximum atomic E-state index is 8.67. The molecule has 0 aliphatic rings. The molecule has 9 heteroatoms. The number of rotatable bonds is 6. The number of aromatic nitrogens is 6. The summed E-state index contributed by atoms with van der Waals surface area (Å²) < 4.78 is 1.69. The molecular weight excluding hydrogens is 334 g/mol. The Bertz CT molecular complexity index is 1080. The molecule has 0 saturated carbocycles. The van der Waals surface area contributed by atoms with Gasteiger partial charge in [0.25, 0.3) is 0 Å². The molecule has 4 aromatic rings. The van der Waals surface area contributed by atoms with Gasteiger partial charge in [-0.15, -0.1) is 5.10 Å². The molecule has 0 saturated heterocycles. The first-order valence-electron chi connectivity index (χ1n) is 7.99. The molecule has 0 radical (unpaired) electrons. The SMILES string of the molecule is OCCON=Cc1cnc2nnn(Cc3ccc4ncccc4c3)c2n1. The molecule has 1 N–H and O–H groups in total. The lowest BCUT2D eigenvalue weighted by Crippen LogP contribution is -2.04. The van der Waals surface area contributed by atoms with Crippen LogP contribution in [0.3, 0.4) is 0 Å². The van der Waals surface area contributed by atoms with Gasteiger partial charge in [0.2, 0.25) is 5.65 Å². The number of aliphatic hydroxyl groups excluding tert-OH is 1. The fraction of sp³-hybridized carbons (Fsp3) is 0.176. The highest BCUT2D eigenvalue weighted by molar-refractivity contribution is 5.80. The highest BCUT2D eigenvalue weighted by atomic mass is 16.6. The quantitative estimate of drug-likeness (QED) is 0.316. The van der Waals surface area contributed by atoms with Crippen molar-refractivity contribution in [3.63, 3.8) is 0 Å². The standard InChI is InChI=1S/C17H15N7O2/c25-6-7-26-20-10-14-9-19-16-17(21-14)24(23-22-16)11-12-3-4-15-13(8-12)2-1-5-18-15/h1-5,8-10,25H,6-7,11H2. The summed E-state index contributed by atoms with van der Waals surface area (Å²) in [6.07, 6.45) is 4.74. The van der Waals surface area contributed by atoms with E-state index in [9.17, 15) is 0 Å². The second-order valence-electron chi connectivity index (χ2n) is 5.51. The number of hydrogen-bond acceptors (Lipinski definition) is 8. The van der Waals surface area contributed by atoms with Crippen molar-refractivity contribution in [2.75, 3.05) is 13.2 Å². The van der Waals surface area contributed by atoms with Gasteiger partial charge in [0, 0.05) is 11.6 Å². The first-order chi connectivity index (χ1) is 12.8. The molecule has 3 aromatic heterocycles. The van der Waals surface area contributed by atoms with Gasteiger partial charge in [-0.3, -0.25) is 4.98 Å². The summed E-state index contributed by atoms with van der Waals surface area (Å²) in [5, 5.41) is 21.6. The minimum Gasteiger partial charge on any atom is -0.393 e. The fourth-order valence-electron chi connectivity index (χ4n) is 2.52. The molecule has 0 amide bonds. The number of nitrogens with zero attached hydrogens (tertiary/aromatic N) is 7. The molecule has 0 fully saturated rings. The van der Waals surface area contributed by atoms with E-state index in [4.69, 9.17) is 9.94 Å². The maximum Gasteiger partial charge on any atom is 0.221 e. The van der Waals surface area contributed by atoms with Crippen LogP contribution in [0.5, 0.6) is 0 Å². The molecule has 0 aliphatic heterocycles. The first kappa shape index (κ1) is 16.0. The van der Waals surface area contributed by atoms with Gasteiger partial charge in [0.1, 0.15) is 12.3 Å². The zero-order valence-corrected chi connectivity index (χ0v) is 13.7. The van der Waals surface area contributed by atoms with E-state index in [0.717, 1.165) is 16.5 Å². The van der Waals surface area contributed by atoms with Gasteiger partial charge in [0.15, 0.2) is 5.65 Å². The van der Waals surface area contributed by atoms with Gasteiger partial charge in [-0.1, -0.05) is 22.5 Å². The van der Waals surface area contributed by atoms with E-state index in [-0.39, 0.29) is 13.2 Å². The monoisotopic (exact) mass is 349 g/mol. The second-order valence-corrected chi connectivity index (χ2v) is 5.51. The Morgan fingerprint density at radius 3 is 3.12 bits per heavy atom. The van der Waals surface area contributed by atoms with Crippen LogP contribution in [0.2, 0.25) is 0 Å². The average Bonchev–Trinajstić information content (AvgIpc) is 3.07. The predicted molar refractivity (Wildman–Crippen MR) is 94.6 cm³/mol. The number of fused-ring (bicyclic) bond motifs is 2. The Balaban J connectivity index is 1.61. The smallest absolute Gasteiger partial charge is 0.221 e. The summed E-state index contributed by atoms with van der Waals surface area (Å²) in [6.45, 7) is 0.542. The third-order valence-electron chi connectivity index (χ3n) is 3.69. The van der Waals surface area contributed by atoms with Crippen LogP contribution < -0.4 is 0 Å². The second kappa shape index (κ2) is 7.19. The highest BCUT2D eigenvalue weighted by Crippen LogP contribution is 2.15. The van der Waals surface area contributed by atoms with Crippen LogP contribution in [0.25, 0.3) is 22.2 Å². The number of hydrogen-bond donors (Lipinski definition) is 1. The molecule has 0 unspecified atom stereocenters. The van der Waals surface area contributed by atoms with Crippen molar-refractivity contribution in [3.8, 4) is 0 Å². The number of pyridine rings is 1. The van der Waals surface area contributed by atoms with Crippen LogP contribution in [0.1, 0.15) is 11.3 Å². The Labute approximate surface area is 148 Å². The van der Waals surface area contributed by atoms with Crippen molar-refractivity contribution >= 4 is 28.4 Å². The summed E-state index contributed by atoms with van der Waals surface area (Å²) in [4.78, 5) is 17.9. The van der Waals surface area contributed by atoms with Gasteiger partial charge < -0.3 is 9.94 Å². The predicted octanol–water partition coefficient (Wildman–Crippen LogP) is 1.16. The lowest BCUT2D eigenvalue weighted by Gasteiger charge is -2.04. The van der Waals surface area contributed by atoms with E-state index in [1.165, 1.54) is 12.4 Å². The molecule has 0 bridgehead atoms. The van der Waals surface area contributed by atoms with E-state index < -0.39 is 0 Å². The molecule has 0 atom stereocenters. The topological polar surface area (TPSA) is 111 Å².